The van der Waals surface area contributed by atoms with Crippen LogP contribution >= 0.6 is 23.2 Å². The van der Waals surface area contributed by atoms with Crippen LogP contribution in [0.25, 0.3) is 0 Å². The van der Waals surface area contributed by atoms with E-state index < -0.39 is 0 Å². The lowest BCUT2D eigenvalue weighted by Gasteiger charge is -2.14. The summed E-state index contributed by atoms with van der Waals surface area (Å²) >= 11 is 12.3. The standard InChI is InChI=1S/C16H23Cl2NO2/c1-2-3-6-20-7-8-21-16-12(11-19-14-4-5-14)9-13(17)10-15(16)18/h9-10,14,19H,2-8,11H2,1H3. The molecule has 0 heterocycles. The Hall–Kier alpha value is -0.480. The van der Waals surface area contributed by atoms with Crippen molar-refractivity contribution in [2.45, 2.75) is 45.2 Å². The summed E-state index contributed by atoms with van der Waals surface area (Å²) in [4.78, 5) is 0. The molecular weight excluding hydrogens is 309 g/mol. The minimum Gasteiger partial charge on any atom is -0.489 e. The van der Waals surface area contributed by atoms with Crippen LogP contribution < -0.4 is 10.1 Å². The number of halogens is 2. The van der Waals surface area contributed by atoms with E-state index in [2.05, 4.69) is 12.2 Å². The summed E-state index contributed by atoms with van der Waals surface area (Å²) in [5.74, 6) is 0.716. The van der Waals surface area contributed by atoms with E-state index in [9.17, 15) is 0 Å². The zero-order valence-corrected chi connectivity index (χ0v) is 14.0. The van der Waals surface area contributed by atoms with Crippen molar-refractivity contribution < 1.29 is 9.47 Å². The lowest BCUT2D eigenvalue weighted by molar-refractivity contribution is 0.0977. The molecule has 1 aliphatic rings. The van der Waals surface area contributed by atoms with Crippen LogP contribution in [0.4, 0.5) is 0 Å². The van der Waals surface area contributed by atoms with Gasteiger partial charge in [0.1, 0.15) is 12.4 Å². The number of hydrogen-bond donors (Lipinski definition) is 1. The minimum atomic E-state index is 0.501. The third-order valence-electron chi connectivity index (χ3n) is 3.36. The van der Waals surface area contributed by atoms with Crippen molar-refractivity contribution in [3.63, 3.8) is 0 Å². The van der Waals surface area contributed by atoms with Gasteiger partial charge in [0.2, 0.25) is 0 Å². The fourth-order valence-corrected chi connectivity index (χ4v) is 2.59. The van der Waals surface area contributed by atoms with Gasteiger partial charge in [-0.1, -0.05) is 36.5 Å². The Bertz CT molecular complexity index is 450. The molecule has 0 unspecified atom stereocenters. The first kappa shape index (κ1) is 16.9. The van der Waals surface area contributed by atoms with Gasteiger partial charge in [-0.3, -0.25) is 0 Å². The maximum Gasteiger partial charge on any atom is 0.142 e. The Morgan fingerprint density at radius 3 is 2.71 bits per heavy atom. The van der Waals surface area contributed by atoms with Gasteiger partial charge in [-0.2, -0.15) is 0 Å². The van der Waals surface area contributed by atoms with E-state index in [0.29, 0.717) is 35.1 Å². The lowest BCUT2D eigenvalue weighted by Crippen LogP contribution is -2.17. The first-order valence-corrected chi connectivity index (χ1v) is 8.38. The molecule has 0 bridgehead atoms. The summed E-state index contributed by atoms with van der Waals surface area (Å²) in [5.41, 5.74) is 1.01. The molecule has 5 heteroatoms. The number of ether oxygens (including phenoxy) is 2. The van der Waals surface area contributed by atoms with Crippen molar-refractivity contribution in [2.24, 2.45) is 0 Å². The molecule has 0 amide bonds. The third-order valence-corrected chi connectivity index (χ3v) is 3.86. The van der Waals surface area contributed by atoms with Gasteiger partial charge in [0.25, 0.3) is 0 Å². The highest BCUT2D eigenvalue weighted by Gasteiger charge is 2.21. The molecule has 1 N–H and O–H groups in total. The summed E-state index contributed by atoms with van der Waals surface area (Å²) in [7, 11) is 0. The van der Waals surface area contributed by atoms with Gasteiger partial charge in [0.05, 0.1) is 11.6 Å². The van der Waals surface area contributed by atoms with Gasteiger partial charge < -0.3 is 14.8 Å². The fourth-order valence-electron chi connectivity index (χ4n) is 2.00. The summed E-state index contributed by atoms with van der Waals surface area (Å²) in [6.07, 6.45) is 4.71. The Kier molecular flexibility index (Phi) is 7.11. The summed E-state index contributed by atoms with van der Waals surface area (Å²) in [5, 5.41) is 4.65. The molecule has 1 aromatic rings. The number of hydrogen-bond acceptors (Lipinski definition) is 3. The van der Waals surface area contributed by atoms with Crippen LogP contribution in [0.3, 0.4) is 0 Å². The van der Waals surface area contributed by atoms with Gasteiger partial charge in [-0.05, 0) is 31.4 Å². The Balaban J connectivity index is 1.86. The van der Waals surface area contributed by atoms with Crippen LogP contribution in [0.2, 0.25) is 10.0 Å². The van der Waals surface area contributed by atoms with Crippen molar-refractivity contribution in [1.82, 2.24) is 5.32 Å². The molecular formula is C16H23Cl2NO2. The second kappa shape index (κ2) is 8.84. The van der Waals surface area contributed by atoms with E-state index in [4.69, 9.17) is 32.7 Å². The SMILES string of the molecule is CCCCOCCOc1c(Cl)cc(Cl)cc1CNC1CC1. The highest BCUT2D eigenvalue weighted by atomic mass is 35.5. The molecule has 3 nitrogen and oxygen atoms in total. The smallest absolute Gasteiger partial charge is 0.142 e. The molecule has 1 saturated carbocycles. The average Bonchev–Trinajstić information content (AvgIpc) is 3.26. The Labute approximate surface area is 136 Å². The molecule has 0 saturated heterocycles. The van der Waals surface area contributed by atoms with E-state index in [1.807, 2.05) is 6.07 Å². The molecule has 2 rings (SSSR count). The minimum absolute atomic E-state index is 0.501. The van der Waals surface area contributed by atoms with E-state index >= 15 is 0 Å². The maximum atomic E-state index is 6.25. The number of benzene rings is 1. The molecule has 0 radical (unpaired) electrons. The van der Waals surface area contributed by atoms with Gasteiger partial charge in [0, 0.05) is 29.8 Å². The van der Waals surface area contributed by atoms with Crippen molar-refractivity contribution in [3.05, 3.63) is 27.7 Å². The average molecular weight is 332 g/mol. The van der Waals surface area contributed by atoms with Gasteiger partial charge >= 0.3 is 0 Å². The second-order valence-corrected chi connectivity index (χ2v) is 6.19. The topological polar surface area (TPSA) is 30.5 Å². The van der Waals surface area contributed by atoms with Gasteiger partial charge in [-0.15, -0.1) is 0 Å². The van der Waals surface area contributed by atoms with E-state index in [0.717, 1.165) is 31.6 Å². The molecule has 0 aliphatic heterocycles. The predicted octanol–water partition coefficient (Wildman–Crippen LogP) is 4.44. The number of nitrogens with one attached hydrogen (secondary N) is 1. The van der Waals surface area contributed by atoms with E-state index in [1.165, 1.54) is 12.8 Å². The molecule has 1 aromatic carbocycles. The summed E-state index contributed by atoms with van der Waals surface area (Å²) in [6.45, 7) is 4.74. The number of rotatable bonds is 10. The van der Waals surface area contributed by atoms with E-state index in [-0.39, 0.29) is 0 Å². The monoisotopic (exact) mass is 331 g/mol. The molecule has 21 heavy (non-hydrogen) atoms. The van der Waals surface area contributed by atoms with E-state index in [1.54, 1.807) is 6.07 Å². The predicted molar refractivity (Wildman–Crippen MR) is 87.5 cm³/mol. The van der Waals surface area contributed by atoms with Crippen LogP contribution in [0.1, 0.15) is 38.2 Å². The summed E-state index contributed by atoms with van der Waals surface area (Å²) in [6, 6.07) is 4.26. The van der Waals surface area contributed by atoms with Crippen molar-refractivity contribution in [2.75, 3.05) is 19.8 Å². The first-order valence-electron chi connectivity index (χ1n) is 7.62. The quantitative estimate of drug-likeness (QED) is 0.643. The third kappa shape index (κ3) is 6.03. The van der Waals surface area contributed by atoms with Crippen LogP contribution in [-0.4, -0.2) is 25.9 Å². The molecule has 1 fully saturated rings. The lowest BCUT2D eigenvalue weighted by atomic mass is 10.2. The second-order valence-electron chi connectivity index (χ2n) is 5.35. The molecule has 0 aromatic heterocycles. The van der Waals surface area contributed by atoms with Crippen molar-refractivity contribution >= 4 is 23.2 Å². The van der Waals surface area contributed by atoms with Crippen LogP contribution in [0.15, 0.2) is 12.1 Å². The maximum absolute atomic E-state index is 6.25. The fraction of sp³-hybridized carbons (Fsp3) is 0.625. The van der Waals surface area contributed by atoms with Gasteiger partial charge in [0.15, 0.2) is 0 Å². The van der Waals surface area contributed by atoms with Crippen molar-refractivity contribution in [3.8, 4) is 5.75 Å². The highest BCUT2D eigenvalue weighted by Crippen LogP contribution is 2.33. The highest BCUT2D eigenvalue weighted by molar-refractivity contribution is 6.35. The largest absolute Gasteiger partial charge is 0.489 e. The molecule has 1 aliphatic carbocycles. The van der Waals surface area contributed by atoms with Crippen LogP contribution in [-0.2, 0) is 11.3 Å². The summed E-state index contributed by atoms with van der Waals surface area (Å²) < 4.78 is 11.3. The normalized spacial score (nSPS) is 14.4. The van der Waals surface area contributed by atoms with Crippen LogP contribution in [0.5, 0.6) is 5.75 Å². The number of unbranched alkanes of at least 4 members (excludes halogenated alkanes) is 1. The van der Waals surface area contributed by atoms with Crippen molar-refractivity contribution in [1.29, 1.82) is 0 Å². The Morgan fingerprint density at radius 1 is 1.19 bits per heavy atom. The Morgan fingerprint density at radius 2 is 2.00 bits per heavy atom. The molecule has 118 valence electrons. The zero-order valence-electron chi connectivity index (χ0n) is 12.5. The molecule has 0 spiro atoms. The zero-order chi connectivity index (χ0) is 15.1. The first-order chi connectivity index (χ1) is 10.2. The molecule has 0 atom stereocenters. The van der Waals surface area contributed by atoms with Crippen LogP contribution in [0, 0.1) is 0 Å². The van der Waals surface area contributed by atoms with Gasteiger partial charge in [-0.25, -0.2) is 0 Å².